The second kappa shape index (κ2) is 26.2. The molecule has 0 aromatic heterocycles. The lowest BCUT2D eigenvalue weighted by Crippen LogP contribution is -3.00. The van der Waals surface area contributed by atoms with Gasteiger partial charge in [-0.1, -0.05) is 84.0 Å². The topological polar surface area (TPSA) is 35.1 Å². The maximum absolute atomic E-state index is 5.21. The molecule has 0 aromatic rings. The lowest BCUT2D eigenvalue weighted by Gasteiger charge is -2.12. The highest BCUT2D eigenvalue weighted by molar-refractivity contribution is 4.51. The number of hydrogen-bond donors (Lipinski definition) is 1. The third kappa shape index (κ3) is 24.1. The van der Waals surface area contributed by atoms with E-state index in [1.165, 1.54) is 116 Å². The summed E-state index contributed by atoms with van der Waals surface area (Å²) >= 11 is 0. The van der Waals surface area contributed by atoms with Gasteiger partial charge in [0.25, 0.3) is 0 Å². The Balaban J connectivity index is 0. The van der Waals surface area contributed by atoms with Crippen molar-refractivity contribution in [3.63, 3.8) is 0 Å². The molecule has 0 bridgehead atoms. The van der Waals surface area contributed by atoms with Gasteiger partial charge in [-0.15, -0.1) is 0 Å². The van der Waals surface area contributed by atoms with E-state index in [2.05, 4.69) is 12.2 Å². The van der Waals surface area contributed by atoms with E-state index in [1.54, 1.807) is 14.2 Å². The summed E-state index contributed by atoms with van der Waals surface area (Å²) in [6.45, 7) is 4.91. The SMILES string of the molecule is CCC[NH2+]CCCCCCCCCCCCCCCCCC(OC)OC.[Cl-]. The summed E-state index contributed by atoms with van der Waals surface area (Å²) in [5, 5.41) is 2.47. The molecule has 27 heavy (non-hydrogen) atoms. The highest BCUT2D eigenvalue weighted by atomic mass is 35.5. The van der Waals surface area contributed by atoms with Crippen LogP contribution in [0.4, 0.5) is 0 Å². The molecule has 0 fully saturated rings. The molecule has 0 radical (unpaired) electrons. The maximum atomic E-state index is 5.21. The first-order valence-corrected chi connectivity index (χ1v) is 11.7. The molecule has 0 saturated carbocycles. The van der Waals surface area contributed by atoms with E-state index in [-0.39, 0.29) is 18.7 Å². The molecule has 0 unspecified atom stereocenters. The van der Waals surface area contributed by atoms with Crippen LogP contribution in [0.1, 0.15) is 116 Å². The van der Waals surface area contributed by atoms with Crippen molar-refractivity contribution >= 4 is 0 Å². The third-order valence-electron chi connectivity index (χ3n) is 5.37. The Morgan fingerprint density at radius 3 is 1.30 bits per heavy atom. The Kier molecular flexibility index (Phi) is 28.5. The molecule has 0 aliphatic heterocycles. The van der Waals surface area contributed by atoms with Crippen molar-refractivity contribution in [2.75, 3.05) is 27.3 Å². The first-order valence-electron chi connectivity index (χ1n) is 11.7. The molecule has 0 aliphatic carbocycles. The van der Waals surface area contributed by atoms with E-state index in [9.17, 15) is 0 Å². The van der Waals surface area contributed by atoms with Crippen molar-refractivity contribution in [2.24, 2.45) is 0 Å². The standard InChI is InChI=1S/C23H49NO2.ClH/c1-4-21-24-22-19-17-15-13-11-9-7-5-6-8-10-12-14-16-18-20-23(25-2)26-3;/h23-24H,4-22H2,1-3H3;1H. The molecule has 0 heterocycles. The summed E-state index contributed by atoms with van der Waals surface area (Å²) in [7, 11) is 3.45. The van der Waals surface area contributed by atoms with Crippen molar-refractivity contribution < 1.29 is 27.2 Å². The monoisotopic (exact) mass is 407 g/mol. The average Bonchev–Trinajstić information content (AvgIpc) is 2.66. The van der Waals surface area contributed by atoms with E-state index in [1.807, 2.05) is 0 Å². The van der Waals surface area contributed by atoms with Crippen LogP contribution in [0.2, 0.25) is 0 Å². The average molecular weight is 408 g/mol. The van der Waals surface area contributed by atoms with Gasteiger partial charge in [-0.05, 0) is 32.1 Å². The number of unbranched alkanes of at least 4 members (excludes halogenated alkanes) is 14. The van der Waals surface area contributed by atoms with Gasteiger partial charge < -0.3 is 27.2 Å². The van der Waals surface area contributed by atoms with Crippen molar-refractivity contribution in [2.45, 2.75) is 122 Å². The van der Waals surface area contributed by atoms with Gasteiger partial charge in [-0.3, -0.25) is 0 Å². The van der Waals surface area contributed by atoms with E-state index >= 15 is 0 Å². The van der Waals surface area contributed by atoms with Crippen LogP contribution in [0.25, 0.3) is 0 Å². The maximum Gasteiger partial charge on any atom is 0.156 e. The van der Waals surface area contributed by atoms with Crippen LogP contribution in [0.15, 0.2) is 0 Å². The van der Waals surface area contributed by atoms with Crippen LogP contribution < -0.4 is 17.7 Å². The molecule has 0 atom stereocenters. The minimum absolute atomic E-state index is 0. The molecule has 0 rings (SSSR count). The third-order valence-corrected chi connectivity index (χ3v) is 5.37. The Morgan fingerprint density at radius 1 is 0.556 bits per heavy atom. The fraction of sp³-hybridized carbons (Fsp3) is 1.00. The van der Waals surface area contributed by atoms with Crippen molar-refractivity contribution in [1.82, 2.24) is 0 Å². The van der Waals surface area contributed by atoms with E-state index in [4.69, 9.17) is 9.47 Å². The molecule has 0 aromatic carbocycles. The van der Waals surface area contributed by atoms with Crippen LogP contribution in [0.3, 0.4) is 0 Å². The van der Waals surface area contributed by atoms with Gasteiger partial charge in [0.1, 0.15) is 0 Å². The van der Waals surface area contributed by atoms with Crippen molar-refractivity contribution in [3.05, 3.63) is 0 Å². The first kappa shape index (κ1) is 29.4. The lowest BCUT2D eigenvalue weighted by atomic mass is 10.0. The molecule has 0 amide bonds. The van der Waals surface area contributed by atoms with Crippen LogP contribution in [-0.4, -0.2) is 33.6 Å². The minimum Gasteiger partial charge on any atom is -1.00 e. The Bertz CT molecular complexity index is 251. The summed E-state index contributed by atoms with van der Waals surface area (Å²) in [6.07, 6.45) is 23.6. The predicted molar refractivity (Wildman–Crippen MR) is 114 cm³/mol. The van der Waals surface area contributed by atoms with Crippen LogP contribution in [-0.2, 0) is 9.47 Å². The molecule has 4 heteroatoms. The van der Waals surface area contributed by atoms with Gasteiger partial charge in [0, 0.05) is 14.2 Å². The zero-order chi connectivity index (χ0) is 19.1. The summed E-state index contributed by atoms with van der Waals surface area (Å²) in [5.74, 6) is 0. The second-order valence-corrected chi connectivity index (χ2v) is 7.86. The summed E-state index contributed by atoms with van der Waals surface area (Å²) in [6, 6.07) is 0. The number of ether oxygens (including phenoxy) is 2. The van der Waals surface area contributed by atoms with Gasteiger partial charge >= 0.3 is 0 Å². The quantitative estimate of drug-likeness (QED) is 0.221. The first-order chi connectivity index (χ1) is 12.8. The van der Waals surface area contributed by atoms with E-state index < -0.39 is 0 Å². The number of halogens is 1. The van der Waals surface area contributed by atoms with Crippen LogP contribution in [0, 0.1) is 0 Å². The van der Waals surface area contributed by atoms with Gasteiger partial charge in [-0.25, -0.2) is 0 Å². The summed E-state index contributed by atoms with van der Waals surface area (Å²) in [5.41, 5.74) is 0. The van der Waals surface area contributed by atoms with Crippen LogP contribution >= 0.6 is 0 Å². The highest BCUT2D eigenvalue weighted by Crippen LogP contribution is 2.14. The molecule has 0 saturated heterocycles. The number of rotatable bonds is 22. The fourth-order valence-electron chi connectivity index (χ4n) is 3.58. The number of quaternary nitrogens is 1. The molecule has 166 valence electrons. The molecular weight excluding hydrogens is 358 g/mol. The molecule has 2 N–H and O–H groups in total. The Morgan fingerprint density at radius 2 is 0.926 bits per heavy atom. The zero-order valence-corrected chi connectivity index (χ0v) is 19.5. The van der Waals surface area contributed by atoms with E-state index in [0.29, 0.717) is 0 Å². The summed E-state index contributed by atoms with van der Waals surface area (Å²) in [4.78, 5) is 0. The number of hydrogen-bond acceptors (Lipinski definition) is 2. The van der Waals surface area contributed by atoms with Gasteiger partial charge in [0.15, 0.2) is 6.29 Å². The Labute approximate surface area is 177 Å². The number of methoxy groups -OCH3 is 2. The Hall–Kier alpha value is 0.170. The zero-order valence-electron chi connectivity index (χ0n) is 18.8. The fourth-order valence-corrected chi connectivity index (χ4v) is 3.58. The minimum atomic E-state index is -0.000649. The largest absolute Gasteiger partial charge is 1.00 e. The van der Waals surface area contributed by atoms with Gasteiger partial charge in [-0.2, -0.15) is 0 Å². The second-order valence-electron chi connectivity index (χ2n) is 7.86. The molecule has 3 nitrogen and oxygen atoms in total. The molecular formula is C23H50ClNO2. The van der Waals surface area contributed by atoms with Crippen molar-refractivity contribution in [3.8, 4) is 0 Å². The normalized spacial score (nSPS) is 11.1. The number of nitrogens with two attached hydrogens (primary N) is 1. The molecule has 0 aliphatic rings. The van der Waals surface area contributed by atoms with Gasteiger partial charge in [0.2, 0.25) is 0 Å². The lowest BCUT2D eigenvalue weighted by molar-refractivity contribution is -0.655. The highest BCUT2D eigenvalue weighted by Gasteiger charge is 2.03. The van der Waals surface area contributed by atoms with Gasteiger partial charge in [0.05, 0.1) is 13.1 Å². The summed E-state index contributed by atoms with van der Waals surface area (Å²) < 4.78 is 10.4. The van der Waals surface area contributed by atoms with E-state index in [0.717, 1.165) is 6.42 Å². The molecule has 0 spiro atoms. The van der Waals surface area contributed by atoms with Crippen molar-refractivity contribution in [1.29, 1.82) is 0 Å². The smallest absolute Gasteiger partial charge is 0.156 e. The van der Waals surface area contributed by atoms with Crippen LogP contribution in [0.5, 0.6) is 0 Å². The predicted octanol–water partition coefficient (Wildman–Crippen LogP) is 2.82.